The Morgan fingerprint density at radius 1 is 0.838 bits per heavy atom. The maximum absolute atomic E-state index is 13.8. The fraction of sp³-hybridized carbons (Fsp3) is 0.308. The van der Waals surface area contributed by atoms with E-state index in [9.17, 15) is 30.7 Å². The molecule has 3 aromatic carbocycles. The fourth-order valence-corrected chi connectivity index (χ4v) is 5.74. The highest BCUT2D eigenvalue weighted by molar-refractivity contribution is 7.90. The topological polar surface area (TPSA) is 113 Å². The van der Waals surface area contributed by atoms with Crippen LogP contribution in [0.25, 0.3) is 0 Å². The summed E-state index contributed by atoms with van der Waals surface area (Å²) in [6, 6.07) is 14.2. The van der Waals surface area contributed by atoms with E-state index in [0.29, 0.717) is 12.6 Å². The van der Waals surface area contributed by atoms with Gasteiger partial charge in [0, 0.05) is 25.4 Å². The van der Waals surface area contributed by atoms with E-state index in [1.807, 2.05) is 31.2 Å². The smallest absolute Gasteiger partial charge is 0.240 e. The number of sulfonamides is 1. The quantitative estimate of drug-likeness (QED) is 0.319. The molecule has 2 atom stereocenters. The standard InChI is InChI=1S/C26H30F2N2O5S2/c1-3-18-5-4-6-19(11-18)16-29-17-26(31)25(14-20-12-21(27)15-22(28)13-20)30-37(34,35)24-9-7-23(8-10-24)36(2,32)33/h4-13,15,25-26,29-31H,3,14,16-17H2,1-2H3/t25-,26+/m1/s1. The number of hydrogen-bond donors (Lipinski definition) is 3. The van der Waals surface area contributed by atoms with Crippen molar-refractivity contribution >= 4 is 19.9 Å². The van der Waals surface area contributed by atoms with E-state index in [-0.39, 0.29) is 28.3 Å². The zero-order valence-electron chi connectivity index (χ0n) is 20.5. The van der Waals surface area contributed by atoms with Crippen molar-refractivity contribution in [3.05, 3.63) is 95.1 Å². The van der Waals surface area contributed by atoms with E-state index in [2.05, 4.69) is 10.0 Å². The molecule has 0 saturated heterocycles. The Balaban J connectivity index is 1.79. The van der Waals surface area contributed by atoms with E-state index in [0.717, 1.165) is 48.1 Å². The van der Waals surface area contributed by atoms with Gasteiger partial charge in [0.25, 0.3) is 0 Å². The average molecular weight is 553 g/mol. The molecule has 3 N–H and O–H groups in total. The highest BCUT2D eigenvalue weighted by Crippen LogP contribution is 2.17. The van der Waals surface area contributed by atoms with Gasteiger partial charge in [-0.05, 0) is 65.9 Å². The van der Waals surface area contributed by atoms with Gasteiger partial charge in [0.1, 0.15) is 11.6 Å². The number of aliphatic hydroxyl groups is 1. The molecule has 0 radical (unpaired) electrons. The zero-order valence-corrected chi connectivity index (χ0v) is 22.1. The van der Waals surface area contributed by atoms with Gasteiger partial charge in [0.05, 0.1) is 21.9 Å². The van der Waals surface area contributed by atoms with Crippen molar-refractivity contribution in [1.29, 1.82) is 0 Å². The predicted molar refractivity (Wildman–Crippen MR) is 137 cm³/mol. The van der Waals surface area contributed by atoms with E-state index < -0.39 is 43.6 Å². The minimum absolute atomic E-state index is 0.00560. The molecule has 200 valence electrons. The third kappa shape index (κ3) is 8.41. The SMILES string of the molecule is CCc1cccc(CNC[C@H](O)[C@@H](Cc2cc(F)cc(F)c2)NS(=O)(=O)c2ccc(S(C)(=O)=O)cc2)c1. The summed E-state index contributed by atoms with van der Waals surface area (Å²) in [5, 5.41) is 14.0. The minimum Gasteiger partial charge on any atom is -0.390 e. The lowest BCUT2D eigenvalue weighted by Crippen LogP contribution is -2.48. The summed E-state index contributed by atoms with van der Waals surface area (Å²) in [5.41, 5.74) is 2.30. The van der Waals surface area contributed by atoms with Crippen LogP contribution in [-0.2, 0) is 39.2 Å². The number of sulfone groups is 1. The van der Waals surface area contributed by atoms with Crippen LogP contribution in [0, 0.1) is 11.6 Å². The summed E-state index contributed by atoms with van der Waals surface area (Å²) in [6.45, 7) is 2.46. The highest BCUT2D eigenvalue weighted by atomic mass is 32.2. The van der Waals surface area contributed by atoms with Crippen molar-refractivity contribution in [2.45, 2.75) is 48.2 Å². The Morgan fingerprint density at radius 3 is 2.03 bits per heavy atom. The van der Waals surface area contributed by atoms with Gasteiger partial charge in [-0.25, -0.2) is 30.3 Å². The summed E-state index contributed by atoms with van der Waals surface area (Å²) >= 11 is 0. The number of benzene rings is 3. The van der Waals surface area contributed by atoms with Gasteiger partial charge < -0.3 is 10.4 Å². The number of aryl methyl sites for hydroxylation is 1. The summed E-state index contributed by atoms with van der Waals surface area (Å²) in [6.07, 6.45) is 0.426. The molecule has 0 bridgehead atoms. The molecule has 0 aliphatic heterocycles. The second-order valence-electron chi connectivity index (χ2n) is 8.82. The van der Waals surface area contributed by atoms with Gasteiger partial charge in [0.15, 0.2) is 9.84 Å². The summed E-state index contributed by atoms with van der Waals surface area (Å²) < 4.78 is 79.4. The molecule has 0 spiro atoms. The third-order valence-corrected chi connectivity index (χ3v) is 8.43. The molecule has 11 heteroatoms. The first-order valence-corrected chi connectivity index (χ1v) is 15.0. The molecule has 0 aliphatic rings. The molecule has 0 saturated carbocycles. The number of rotatable bonds is 12. The molecular formula is C26H30F2N2O5S2. The largest absolute Gasteiger partial charge is 0.390 e. The lowest BCUT2D eigenvalue weighted by atomic mass is 10.0. The van der Waals surface area contributed by atoms with E-state index in [1.165, 1.54) is 12.1 Å². The minimum atomic E-state index is -4.21. The first-order valence-electron chi connectivity index (χ1n) is 11.6. The molecule has 0 fully saturated rings. The van der Waals surface area contributed by atoms with Crippen LogP contribution in [-0.4, -0.2) is 46.9 Å². The monoisotopic (exact) mass is 552 g/mol. The fourth-order valence-electron chi connectivity index (χ4n) is 3.84. The number of halogens is 2. The van der Waals surface area contributed by atoms with Crippen LogP contribution in [0.4, 0.5) is 8.78 Å². The summed E-state index contributed by atoms with van der Waals surface area (Å²) in [4.78, 5) is -0.263. The van der Waals surface area contributed by atoms with E-state index in [4.69, 9.17) is 0 Å². The highest BCUT2D eigenvalue weighted by Gasteiger charge is 2.27. The Bertz CT molecular complexity index is 1410. The van der Waals surface area contributed by atoms with Gasteiger partial charge in [-0.15, -0.1) is 0 Å². The molecule has 3 rings (SSSR count). The average Bonchev–Trinajstić information content (AvgIpc) is 2.82. The number of hydrogen-bond acceptors (Lipinski definition) is 6. The molecular weight excluding hydrogens is 522 g/mol. The van der Waals surface area contributed by atoms with Crippen molar-refractivity contribution in [3.8, 4) is 0 Å². The van der Waals surface area contributed by atoms with Crippen LogP contribution in [0.3, 0.4) is 0 Å². The van der Waals surface area contributed by atoms with Crippen LogP contribution in [0.2, 0.25) is 0 Å². The van der Waals surface area contributed by atoms with E-state index >= 15 is 0 Å². The van der Waals surface area contributed by atoms with Crippen molar-refractivity contribution < 1.29 is 30.7 Å². The second kappa shape index (κ2) is 12.2. The number of aliphatic hydroxyl groups excluding tert-OH is 1. The third-order valence-electron chi connectivity index (χ3n) is 5.79. The maximum Gasteiger partial charge on any atom is 0.240 e. The van der Waals surface area contributed by atoms with Crippen LogP contribution in [0.1, 0.15) is 23.6 Å². The maximum atomic E-state index is 13.8. The molecule has 0 heterocycles. The van der Waals surface area contributed by atoms with E-state index in [1.54, 1.807) is 0 Å². The van der Waals surface area contributed by atoms with Crippen molar-refractivity contribution in [1.82, 2.24) is 10.0 Å². The van der Waals surface area contributed by atoms with Crippen LogP contribution in [0.15, 0.2) is 76.5 Å². The predicted octanol–water partition coefficient (Wildman–Crippen LogP) is 2.97. The molecule has 0 amide bonds. The molecule has 3 aromatic rings. The Labute approximate surface area is 216 Å². The van der Waals surface area contributed by atoms with Crippen molar-refractivity contribution in [2.75, 3.05) is 12.8 Å². The van der Waals surface area contributed by atoms with Crippen molar-refractivity contribution in [2.24, 2.45) is 0 Å². The Kier molecular flexibility index (Phi) is 9.54. The van der Waals surface area contributed by atoms with Gasteiger partial charge in [-0.2, -0.15) is 0 Å². The molecule has 37 heavy (non-hydrogen) atoms. The Morgan fingerprint density at radius 2 is 1.43 bits per heavy atom. The number of nitrogens with one attached hydrogen (secondary N) is 2. The van der Waals surface area contributed by atoms with Crippen LogP contribution >= 0.6 is 0 Å². The zero-order chi connectivity index (χ0) is 27.2. The molecule has 7 nitrogen and oxygen atoms in total. The normalized spacial score (nSPS) is 13.9. The van der Waals surface area contributed by atoms with Gasteiger partial charge >= 0.3 is 0 Å². The molecule has 0 aromatic heterocycles. The molecule has 0 unspecified atom stereocenters. The first kappa shape index (κ1) is 28.9. The summed E-state index contributed by atoms with van der Waals surface area (Å²) in [7, 11) is -7.74. The molecule has 0 aliphatic carbocycles. The lowest BCUT2D eigenvalue weighted by molar-refractivity contribution is 0.134. The van der Waals surface area contributed by atoms with Gasteiger partial charge in [-0.1, -0.05) is 31.2 Å². The second-order valence-corrected chi connectivity index (χ2v) is 12.6. The van der Waals surface area contributed by atoms with Gasteiger partial charge in [0.2, 0.25) is 10.0 Å². The lowest BCUT2D eigenvalue weighted by Gasteiger charge is -2.25. The van der Waals surface area contributed by atoms with Crippen LogP contribution in [0.5, 0.6) is 0 Å². The van der Waals surface area contributed by atoms with Gasteiger partial charge in [-0.3, -0.25) is 0 Å². The first-order chi connectivity index (χ1) is 17.4. The van der Waals surface area contributed by atoms with Crippen molar-refractivity contribution in [3.63, 3.8) is 0 Å². The summed E-state index contributed by atoms with van der Waals surface area (Å²) in [5.74, 6) is -1.65. The van der Waals surface area contributed by atoms with Crippen LogP contribution < -0.4 is 10.0 Å². The Hall–Kier alpha value is -2.70.